The molecule has 0 aliphatic carbocycles. The van der Waals surface area contributed by atoms with Gasteiger partial charge in [-0.3, -0.25) is 4.68 Å². The summed E-state index contributed by atoms with van der Waals surface area (Å²) < 4.78 is 1.82. The molecule has 4 nitrogen and oxygen atoms in total. The van der Waals surface area contributed by atoms with E-state index in [1.807, 2.05) is 31.1 Å². The molecule has 84 valence electrons. The van der Waals surface area contributed by atoms with Crippen molar-refractivity contribution in [3.8, 4) is 0 Å². The maximum Gasteiger partial charge on any atom is 0.173 e. The molecule has 1 rings (SSSR count). The third-order valence-electron chi connectivity index (χ3n) is 2.34. The summed E-state index contributed by atoms with van der Waals surface area (Å²) in [5.74, 6) is 1.00. The van der Waals surface area contributed by atoms with Gasteiger partial charge >= 0.3 is 0 Å². The lowest BCUT2D eigenvalue weighted by atomic mass is 10.3. The van der Waals surface area contributed by atoms with Gasteiger partial charge in [0.25, 0.3) is 0 Å². The van der Waals surface area contributed by atoms with E-state index in [0.29, 0.717) is 0 Å². The van der Waals surface area contributed by atoms with Crippen molar-refractivity contribution in [2.24, 2.45) is 7.05 Å². The van der Waals surface area contributed by atoms with Crippen LogP contribution in [-0.4, -0.2) is 30.4 Å². The number of allylic oxidation sites excluding steroid dienone is 1. The molecule has 1 aromatic rings. The molecular weight excluding hydrogens is 188 g/mol. The van der Waals surface area contributed by atoms with Crippen LogP contribution in [0, 0.1) is 0 Å². The fourth-order valence-corrected chi connectivity index (χ4v) is 1.51. The lowest BCUT2D eigenvalue weighted by Crippen LogP contribution is -2.20. The molecule has 0 radical (unpaired) electrons. The molecule has 0 amide bonds. The largest absolute Gasteiger partial charge is 0.384 e. The lowest BCUT2D eigenvalue weighted by Gasteiger charge is -2.17. The van der Waals surface area contributed by atoms with Crippen LogP contribution in [0.4, 0.5) is 11.5 Å². The highest BCUT2D eigenvalue weighted by Crippen LogP contribution is 2.21. The number of aryl methyl sites for hydroxylation is 1. The van der Waals surface area contributed by atoms with Crippen LogP contribution >= 0.6 is 0 Å². The van der Waals surface area contributed by atoms with E-state index >= 15 is 0 Å². The molecule has 1 aromatic heterocycles. The van der Waals surface area contributed by atoms with Crippen LogP contribution in [0.15, 0.2) is 18.9 Å². The summed E-state index contributed by atoms with van der Waals surface area (Å²) in [4.78, 5) is 2.16. The smallest absolute Gasteiger partial charge is 0.173 e. The van der Waals surface area contributed by atoms with Gasteiger partial charge in [-0.2, -0.15) is 5.10 Å². The summed E-state index contributed by atoms with van der Waals surface area (Å²) >= 11 is 0. The molecule has 0 fully saturated rings. The van der Waals surface area contributed by atoms with Crippen molar-refractivity contribution < 1.29 is 0 Å². The van der Waals surface area contributed by atoms with Gasteiger partial charge in [-0.05, 0) is 12.8 Å². The highest BCUT2D eigenvalue weighted by molar-refractivity contribution is 5.64. The number of rotatable bonds is 6. The molecule has 0 unspecified atom stereocenters. The minimum atomic E-state index is 0.998. The van der Waals surface area contributed by atoms with Crippen LogP contribution in [0.25, 0.3) is 0 Å². The molecule has 4 heteroatoms. The second-order valence-electron chi connectivity index (χ2n) is 3.64. The molecule has 0 saturated carbocycles. The molecule has 0 aliphatic rings. The second-order valence-corrected chi connectivity index (χ2v) is 3.64. The van der Waals surface area contributed by atoms with Crippen molar-refractivity contribution in [1.82, 2.24) is 9.78 Å². The standard InChI is InChI=1S/C11H20N4/c1-5-6-7-8-14(3)11-10(12-2)9-15(4)13-11/h5,9,12H,1,6-8H2,2-4H3. The molecule has 0 saturated heterocycles. The van der Waals surface area contributed by atoms with E-state index < -0.39 is 0 Å². The number of hydrogen-bond donors (Lipinski definition) is 1. The van der Waals surface area contributed by atoms with Gasteiger partial charge in [0.2, 0.25) is 0 Å². The van der Waals surface area contributed by atoms with E-state index in [4.69, 9.17) is 0 Å². The van der Waals surface area contributed by atoms with Crippen molar-refractivity contribution in [2.45, 2.75) is 12.8 Å². The summed E-state index contributed by atoms with van der Waals surface area (Å²) in [7, 11) is 5.91. The van der Waals surface area contributed by atoms with E-state index in [1.165, 1.54) is 0 Å². The van der Waals surface area contributed by atoms with Gasteiger partial charge in [0.15, 0.2) is 5.82 Å². The SMILES string of the molecule is C=CCCCN(C)c1nn(C)cc1NC. The number of nitrogens with zero attached hydrogens (tertiary/aromatic N) is 3. The summed E-state index contributed by atoms with van der Waals surface area (Å²) in [6.45, 7) is 4.72. The van der Waals surface area contributed by atoms with E-state index in [9.17, 15) is 0 Å². The van der Waals surface area contributed by atoms with Crippen molar-refractivity contribution in [3.63, 3.8) is 0 Å². The number of unbranched alkanes of at least 4 members (excludes halogenated alkanes) is 1. The fourth-order valence-electron chi connectivity index (χ4n) is 1.51. The fraction of sp³-hybridized carbons (Fsp3) is 0.545. The van der Waals surface area contributed by atoms with Gasteiger partial charge in [-0.25, -0.2) is 0 Å². The first-order valence-corrected chi connectivity index (χ1v) is 5.22. The van der Waals surface area contributed by atoms with Crippen LogP contribution in [0.5, 0.6) is 0 Å². The number of aromatic nitrogens is 2. The predicted octanol–water partition coefficient (Wildman–Crippen LogP) is 1.86. The van der Waals surface area contributed by atoms with E-state index in [-0.39, 0.29) is 0 Å². The Balaban J connectivity index is 2.63. The monoisotopic (exact) mass is 208 g/mol. The first kappa shape index (κ1) is 11.6. The van der Waals surface area contributed by atoms with Gasteiger partial charge in [-0.1, -0.05) is 6.08 Å². The predicted molar refractivity (Wildman–Crippen MR) is 65.5 cm³/mol. The van der Waals surface area contributed by atoms with Crippen LogP contribution in [0.2, 0.25) is 0 Å². The third kappa shape index (κ3) is 3.01. The van der Waals surface area contributed by atoms with Crippen LogP contribution in [0.3, 0.4) is 0 Å². The molecule has 0 aliphatic heterocycles. The zero-order valence-corrected chi connectivity index (χ0v) is 9.82. The Kier molecular flexibility index (Phi) is 4.21. The van der Waals surface area contributed by atoms with Crippen molar-refractivity contribution in [2.75, 3.05) is 30.9 Å². The van der Waals surface area contributed by atoms with Gasteiger partial charge in [0.1, 0.15) is 0 Å². The van der Waals surface area contributed by atoms with Gasteiger partial charge in [0, 0.05) is 27.7 Å². The zero-order valence-electron chi connectivity index (χ0n) is 9.82. The Morgan fingerprint density at radius 2 is 2.40 bits per heavy atom. The minimum Gasteiger partial charge on any atom is -0.384 e. The first-order valence-electron chi connectivity index (χ1n) is 5.22. The molecule has 0 atom stereocenters. The molecule has 1 N–H and O–H groups in total. The highest BCUT2D eigenvalue weighted by atomic mass is 15.3. The summed E-state index contributed by atoms with van der Waals surface area (Å²) in [6, 6.07) is 0. The topological polar surface area (TPSA) is 33.1 Å². The van der Waals surface area contributed by atoms with E-state index in [0.717, 1.165) is 30.9 Å². The van der Waals surface area contributed by atoms with Crippen molar-refractivity contribution in [3.05, 3.63) is 18.9 Å². The number of anilines is 2. The van der Waals surface area contributed by atoms with Gasteiger partial charge in [-0.15, -0.1) is 6.58 Å². The van der Waals surface area contributed by atoms with Gasteiger partial charge in [0.05, 0.1) is 11.9 Å². The highest BCUT2D eigenvalue weighted by Gasteiger charge is 2.10. The molecule has 15 heavy (non-hydrogen) atoms. The Bertz CT molecular complexity index is 316. The summed E-state index contributed by atoms with van der Waals surface area (Å²) in [6.07, 6.45) is 6.09. The van der Waals surface area contributed by atoms with Crippen molar-refractivity contribution >= 4 is 11.5 Å². The summed E-state index contributed by atoms with van der Waals surface area (Å²) in [5.41, 5.74) is 1.07. The average Bonchev–Trinajstić information content (AvgIpc) is 2.60. The Labute approximate surface area is 91.6 Å². The number of hydrogen-bond acceptors (Lipinski definition) is 3. The quantitative estimate of drug-likeness (QED) is 0.572. The minimum absolute atomic E-state index is 0.998. The van der Waals surface area contributed by atoms with E-state index in [2.05, 4.69) is 28.9 Å². The molecule has 0 aromatic carbocycles. The second kappa shape index (κ2) is 5.44. The maximum atomic E-state index is 4.41. The van der Waals surface area contributed by atoms with Crippen LogP contribution in [0.1, 0.15) is 12.8 Å². The average molecular weight is 208 g/mol. The molecule has 1 heterocycles. The third-order valence-corrected chi connectivity index (χ3v) is 2.34. The Morgan fingerprint density at radius 3 is 3.00 bits per heavy atom. The maximum absolute atomic E-state index is 4.41. The summed E-state index contributed by atoms with van der Waals surface area (Å²) in [5, 5.41) is 7.56. The molecule has 0 bridgehead atoms. The Morgan fingerprint density at radius 1 is 1.67 bits per heavy atom. The van der Waals surface area contributed by atoms with E-state index in [1.54, 1.807) is 0 Å². The van der Waals surface area contributed by atoms with Crippen molar-refractivity contribution in [1.29, 1.82) is 0 Å². The lowest BCUT2D eigenvalue weighted by molar-refractivity contribution is 0.738. The zero-order chi connectivity index (χ0) is 11.3. The molecule has 0 spiro atoms. The molecular formula is C11H20N4. The van der Waals surface area contributed by atoms with Crippen LogP contribution in [-0.2, 0) is 7.05 Å². The van der Waals surface area contributed by atoms with Gasteiger partial charge < -0.3 is 10.2 Å². The normalized spacial score (nSPS) is 10.1. The first-order chi connectivity index (χ1) is 7.19. The van der Waals surface area contributed by atoms with Crippen LogP contribution < -0.4 is 10.2 Å². The number of nitrogens with one attached hydrogen (secondary N) is 1. The Hall–Kier alpha value is -1.45.